The van der Waals surface area contributed by atoms with Crippen molar-refractivity contribution in [3.05, 3.63) is 48.0 Å². The van der Waals surface area contributed by atoms with Crippen LogP contribution in [0.25, 0.3) is 44.5 Å². The van der Waals surface area contributed by atoms with Gasteiger partial charge in [-0.3, -0.25) is 0 Å². The Morgan fingerprint density at radius 1 is 0.733 bits per heavy atom. The van der Waals surface area contributed by atoms with E-state index in [1.165, 1.54) is 11.1 Å². The summed E-state index contributed by atoms with van der Waals surface area (Å²) < 4.78 is 11.6. The molecule has 0 aliphatic heterocycles. The summed E-state index contributed by atoms with van der Waals surface area (Å²) in [5.41, 5.74) is 9.96. The van der Waals surface area contributed by atoms with Crippen molar-refractivity contribution in [3.63, 3.8) is 0 Å². The molecule has 0 saturated carbocycles. The molecule has 7 rings (SSSR count). The van der Waals surface area contributed by atoms with Crippen LogP contribution in [0.2, 0.25) is 0 Å². The number of rotatable bonds is 7. The number of hydrogen-bond donors (Lipinski definition) is 2. The lowest BCUT2D eigenvalue weighted by atomic mass is 9.85. The minimum atomic E-state index is -0.894. The summed E-state index contributed by atoms with van der Waals surface area (Å²) in [6.45, 7) is 5.46. The summed E-state index contributed by atoms with van der Waals surface area (Å²) in [5.74, 6) is 1.38. The van der Waals surface area contributed by atoms with Gasteiger partial charge < -0.3 is 19.7 Å². The van der Waals surface area contributed by atoms with Crippen molar-refractivity contribution in [2.45, 2.75) is 52.6 Å². The Labute approximate surface area is 176 Å². The molecule has 4 heteroatoms. The molecule has 3 aromatic rings. The summed E-state index contributed by atoms with van der Waals surface area (Å²) in [7, 11) is 0. The molecule has 4 aliphatic rings. The highest BCUT2D eigenvalue weighted by atomic mass is 16.6. The average Bonchev–Trinajstić information content (AvgIpc) is 2.96. The van der Waals surface area contributed by atoms with Crippen LogP contribution in [0.3, 0.4) is 0 Å². The number of benzene rings is 3. The summed E-state index contributed by atoms with van der Waals surface area (Å²) in [6.07, 6.45) is 1.44. The molecule has 4 aliphatic carbocycles. The summed E-state index contributed by atoms with van der Waals surface area (Å²) in [6, 6.07) is 14.8. The van der Waals surface area contributed by atoms with Crippen molar-refractivity contribution in [3.8, 4) is 56.0 Å². The zero-order valence-corrected chi connectivity index (χ0v) is 17.5. The SMILES string of the molecule is CCCCc1cc2c3c(c1-c1ccc-3c(OC(C)O)c1)-c1ccc-2cc1OC(C)O. The van der Waals surface area contributed by atoms with E-state index in [1.807, 2.05) is 12.1 Å². The molecule has 2 unspecified atom stereocenters. The van der Waals surface area contributed by atoms with E-state index in [9.17, 15) is 10.2 Å². The second-order valence-electron chi connectivity index (χ2n) is 8.17. The number of aryl methyl sites for hydroxylation is 1. The predicted molar refractivity (Wildman–Crippen MR) is 119 cm³/mol. The number of ether oxygens (including phenoxy) is 2. The molecule has 2 atom stereocenters. The number of aliphatic hydroxyl groups is 2. The average molecular weight is 402 g/mol. The lowest BCUT2D eigenvalue weighted by molar-refractivity contribution is -0.000426. The Hall–Kier alpha value is -2.82. The first-order valence-corrected chi connectivity index (χ1v) is 10.7. The van der Waals surface area contributed by atoms with Crippen molar-refractivity contribution in [2.24, 2.45) is 0 Å². The Morgan fingerprint density at radius 2 is 1.33 bits per heavy atom. The van der Waals surface area contributed by atoms with Crippen molar-refractivity contribution >= 4 is 0 Å². The maximum Gasteiger partial charge on any atom is 0.194 e. The molecule has 30 heavy (non-hydrogen) atoms. The highest BCUT2D eigenvalue weighted by Gasteiger charge is 2.32. The van der Waals surface area contributed by atoms with Gasteiger partial charge >= 0.3 is 0 Å². The minimum absolute atomic E-state index is 0.688. The molecule has 0 aromatic heterocycles. The van der Waals surface area contributed by atoms with E-state index in [4.69, 9.17) is 9.47 Å². The molecule has 0 fully saturated rings. The van der Waals surface area contributed by atoms with Gasteiger partial charge in [0, 0.05) is 22.3 Å². The van der Waals surface area contributed by atoms with Gasteiger partial charge in [-0.15, -0.1) is 0 Å². The third-order valence-electron chi connectivity index (χ3n) is 5.91. The molecule has 4 nitrogen and oxygen atoms in total. The van der Waals surface area contributed by atoms with Crippen LogP contribution >= 0.6 is 0 Å². The van der Waals surface area contributed by atoms with Gasteiger partial charge in [-0.1, -0.05) is 25.5 Å². The van der Waals surface area contributed by atoms with Crippen LogP contribution in [0, 0.1) is 0 Å². The first-order valence-electron chi connectivity index (χ1n) is 10.7. The van der Waals surface area contributed by atoms with Gasteiger partial charge in [-0.05, 0) is 84.8 Å². The maximum absolute atomic E-state index is 9.92. The van der Waals surface area contributed by atoms with E-state index in [1.54, 1.807) is 13.8 Å². The van der Waals surface area contributed by atoms with Crippen LogP contribution in [-0.4, -0.2) is 22.8 Å². The van der Waals surface area contributed by atoms with Crippen LogP contribution in [-0.2, 0) is 6.42 Å². The Kier molecular flexibility index (Phi) is 4.57. The normalized spacial score (nSPS) is 14.3. The van der Waals surface area contributed by atoms with E-state index in [2.05, 4.69) is 37.3 Å². The van der Waals surface area contributed by atoms with E-state index in [0.717, 1.165) is 58.2 Å². The van der Waals surface area contributed by atoms with Crippen molar-refractivity contribution in [1.82, 2.24) is 0 Å². The fourth-order valence-electron chi connectivity index (χ4n) is 4.75. The number of fused-ring (bicyclic) bond motifs is 4. The third-order valence-corrected chi connectivity index (χ3v) is 5.91. The summed E-state index contributed by atoms with van der Waals surface area (Å²) in [4.78, 5) is 0. The summed E-state index contributed by atoms with van der Waals surface area (Å²) in [5, 5.41) is 19.8. The molecule has 154 valence electrons. The third kappa shape index (κ3) is 2.91. The number of hydrogen-bond acceptors (Lipinski definition) is 4. The number of aliphatic hydroxyl groups excluding tert-OH is 2. The Balaban J connectivity index is 1.85. The molecule has 0 saturated heterocycles. The zero-order chi connectivity index (χ0) is 21.0. The Bertz CT molecular complexity index is 1140. The van der Waals surface area contributed by atoms with Gasteiger partial charge in [0.1, 0.15) is 11.5 Å². The monoisotopic (exact) mass is 402 g/mol. The smallest absolute Gasteiger partial charge is 0.194 e. The number of unbranched alkanes of at least 4 members (excludes halogenated alkanes) is 1. The van der Waals surface area contributed by atoms with Gasteiger partial charge in [-0.25, -0.2) is 0 Å². The molecular formula is C26H26O4. The summed E-state index contributed by atoms with van der Waals surface area (Å²) >= 11 is 0. The molecular weight excluding hydrogens is 376 g/mol. The van der Waals surface area contributed by atoms with E-state index < -0.39 is 12.6 Å². The van der Waals surface area contributed by atoms with Crippen molar-refractivity contribution in [2.75, 3.05) is 0 Å². The minimum Gasteiger partial charge on any atom is -0.465 e. The second kappa shape index (κ2) is 7.15. The lowest BCUT2D eigenvalue weighted by Crippen LogP contribution is -2.10. The predicted octanol–water partition coefficient (Wildman–Crippen LogP) is 5.76. The maximum atomic E-state index is 9.92. The molecule has 0 radical (unpaired) electrons. The van der Waals surface area contributed by atoms with Crippen LogP contribution < -0.4 is 9.47 Å². The van der Waals surface area contributed by atoms with E-state index in [0.29, 0.717) is 11.5 Å². The quantitative estimate of drug-likeness (QED) is 0.340. The van der Waals surface area contributed by atoms with Gasteiger partial charge in [0.2, 0.25) is 0 Å². The van der Waals surface area contributed by atoms with E-state index in [-0.39, 0.29) is 0 Å². The van der Waals surface area contributed by atoms with Crippen LogP contribution in [0.4, 0.5) is 0 Å². The second-order valence-corrected chi connectivity index (χ2v) is 8.17. The zero-order valence-electron chi connectivity index (χ0n) is 17.5. The van der Waals surface area contributed by atoms with Crippen LogP contribution in [0.15, 0.2) is 42.5 Å². The van der Waals surface area contributed by atoms with Crippen LogP contribution in [0.5, 0.6) is 11.5 Å². The van der Waals surface area contributed by atoms with Crippen LogP contribution in [0.1, 0.15) is 39.2 Å². The van der Waals surface area contributed by atoms with Gasteiger partial charge in [0.15, 0.2) is 12.6 Å². The van der Waals surface area contributed by atoms with Gasteiger partial charge in [0.25, 0.3) is 0 Å². The molecule has 2 N–H and O–H groups in total. The lowest BCUT2D eigenvalue weighted by Gasteiger charge is -2.19. The molecule has 0 spiro atoms. The molecule has 3 aromatic carbocycles. The first-order chi connectivity index (χ1) is 14.5. The fourth-order valence-corrected chi connectivity index (χ4v) is 4.75. The topological polar surface area (TPSA) is 58.9 Å². The van der Waals surface area contributed by atoms with E-state index >= 15 is 0 Å². The molecule has 0 heterocycles. The highest BCUT2D eigenvalue weighted by Crippen LogP contribution is 2.57. The van der Waals surface area contributed by atoms with Gasteiger partial charge in [-0.2, -0.15) is 0 Å². The Morgan fingerprint density at radius 3 is 1.97 bits per heavy atom. The largest absolute Gasteiger partial charge is 0.465 e. The first kappa shape index (κ1) is 19.2. The van der Waals surface area contributed by atoms with Gasteiger partial charge in [0.05, 0.1) is 0 Å². The van der Waals surface area contributed by atoms with Crippen molar-refractivity contribution < 1.29 is 19.7 Å². The fraction of sp³-hybridized carbons (Fsp3) is 0.308. The molecule has 8 bridgehead atoms. The molecule has 0 amide bonds. The highest BCUT2D eigenvalue weighted by molar-refractivity contribution is 6.09. The standard InChI is InChI=1S/C26H26O4/c1-4-5-6-17-11-21-16-7-9-20(22(12-16)29-14(2)27)26-24(17)18-8-10-19(25(21)26)23(13-18)30-15(3)28/h7-15,27-28H,4-6H2,1-3H3. The van der Waals surface area contributed by atoms with Crippen molar-refractivity contribution in [1.29, 1.82) is 0 Å².